The summed E-state index contributed by atoms with van der Waals surface area (Å²) >= 11 is 17.9. The first-order valence-electron chi connectivity index (χ1n) is 4.11. The molecule has 0 bridgehead atoms. The van der Waals surface area contributed by atoms with Crippen LogP contribution in [0.15, 0.2) is 18.2 Å². The molecule has 72 valence electrons. The third-order valence-corrected chi connectivity index (χ3v) is 3.15. The molecular weight excluding hydrogens is 226 g/mol. The van der Waals surface area contributed by atoms with Gasteiger partial charge >= 0.3 is 0 Å². The number of benzene rings is 1. The number of halogens is 3. The first-order valence-corrected chi connectivity index (χ1v) is 5.30. The molecule has 0 saturated carbocycles. The molecule has 3 heteroatoms. The average Bonchev–Trinajstić information content (AvgIpc) is 2.03. The Labute approximate surface area is 93.8 Å². The Bertz CT molecular complexity index is 294. The van der Waals surface area contributed by atoms with Crippen LogP contribution in [0.2, 0.25) is 10.0 Å². The van der Waals surface area contributed by atoms with E-state index >= 15 is 0 Å². The van der Waals surface area contributed by atoms with Crippen LogP contribution in [-0.2, 0) is 0 Å². The second kappa shape index (κ2) is 4.54. The van der Waals surface area contributed by atoms with Gasteiger partial charge in [-0.15, -0.1) is 11.6 Å². The minimum Gasteiger partial charge on any atom is -0.117 e. The van der Waals surface area contributed by atoms with Gasteiger partial charge in [-0.05, 0) is 23.6 Å². The first kappa shape index (κ1) is 11.2. The maximum atomic E-state index is 6.17. The lowest BCUT2D eigenvalue weighted by molar-refractivity contribution is 0.624. The lowest BCUT2D eigenvalue weighted by Crippen LogP contribution is -1.99. The number of rotatable bonds is 2. The molecule has 1 aromatic carbocycles. The van der Waals surface area contributed by atoms with Crippen molar-refractivity contribution in [1.29, 1.82) is 0 Å². The Kier molecular flexibility index (Phi) is 3.90. The molecular formula is C10H11Cl3. The van der Waals surface area contributed by atoms with E-state index in [-0.39, 0.29) is 5.38 Å². The molecule has 1 atom stereocenters. The van der Waals surface area contributed by atoms with Crippen LogP contribution in [0, 0.1) is 5.92 Å². The fraction of sp³-hybridized carbons (Fsp3) is 0.400. The second-order valence-electron chi connectivity index (χ2n) is 3.31. The molecule has 1 unspecified atom stereocenters. The van der Waals surface area contributed by atoms with Gasteiger partial charge in [0.05, 0.1) is 5.38 Å². The van der Waals surface area contributed by atoms with Crippen molar-refractivity contribution >= 4 is 34.8 Å². The summed E-state index contributed by atoms with van der Waals surface area (Å²) in [6.45, 7) is 4.12. The summed E-state index contributed by atoms with van der Waals surface area (Å²) in [7, 11) is 0. The van der Waals surface area contributed by atoms with E-state index < -0.39 is 0 Å². The SMILES string of the molecule is CC(C)C(Cl)c1ccc(Cl)cc1Cl. The minimum atomic E-state index is -0.0511. The van der Waals surface area contributed by atoms with Crippen LogP contribution in [0.4, 0.5) is 0 Å². The Balaban J connectivity index is 3.01. The molecule has 0 amide bonds. The van der Waals surface area contributed by atoms with Gasteiger partial charge in [0.25, 0.3) is 0 Å². The monoisotopic (exact) mass is 236 g/mol. The zero-order valence-electron chi connectivity index (χ0n) is 7.52. The molecule has 1 rings (SSSR count). The Hall–Kier alpha value is 0.0900. The van der Waals surface area contributed by atoms with Crippen LogP contribution in [0.1, 0.15) is 24.8 Å². The molecule has 0 radical (unpaired) electrons. The Morgan fingerprint density at radius 1 is 1.15 bits per heavy atom. The standard InChI is InChI=1S/C10H11Cl3/c1-6(2)10(13)8-4-3-7(11)5-9(8)12/h3-6,10H,1-2H3. The molecule has 0 saturated heterocycles. The van der Waals surface area contributed by atoms with E-state index in [0.29, 0.717) is 16.0 Å². The molecule has 0 fully saturated rings. The predicted octanol–water partition coefficient (Wildman–Crippen LogP) is 4.93. The van der Waals surface area contributed by atoms with E-state index in [1.165, 1.54) is 0 Å². The molecule has 1 aromatic rings. The summed E-state index contributed by atoms with van der Waals surface area (Å²) in [6, 6.07) is 5.40. The van der Waals surface area contributed by atoms with E-state index in [1.54, 1.807) is 12.1 Å². The first-order chi connectivity index (χ1) is 6.02. The highest BCUT2D eigenvalue weighted by Gasteiger charge is 2.15. The smallest absolute Gasteiger partial charge is 0.0622 e. The lowest BCUT2D eigenvalue weighted by Gasteiger charge is -2.15. The van der Waals surface area contributed by atoms with Crippen molar-refractivity contribution in [1.82, 2.24) is 0 Å². The predicted molar refractivity (Wildman–Crippen MR) is 59.9 cm³/mol. The van der Waals surface area contributed by atoms with Crippen LogP contribution >= 0.6 is 34.8 Å². The fourth-order valence-corrected chi connectivity index (χ4v) is 1.86. The average molecular weight is 238 g/mol. The number of alkyl halides is 1. The van der Waals surface area contributed by atoms with Gasteiger partial charge in [-0.25, -0.2) is 0 Å². The van der Waals surface area contributed by atoms with E-state index in [9.17, 15) is 0 Å². The highest BCUT2D eigenvalue weighted by Crippen LogP contribution is 2.34. The van der Waals surface area contributed by atoms with Gasteiger partial charge in [-0.1, -0.05) is 43.1 Å². The molecule has 0 heterocycles. The van der Waals surface area contributed by atoms with Crippen molar-refractivity contribution in [3.8, 4) is 0 Å². The van der Waals surface area contributed by atoms with Crippen LogP contribution in [0.25, 0.3) is 0 Å². The van der Waals surface area contributed by atoms with Gasteiger partial charge in [0.15, 0.2) is 0 Å². The van der Waals surface area contributed by atoms with Gasteiger partial charge in [0.2, 0.25) is 0 Å². The zero-order valence-corrected chi connectivity index (χ0v) is 9.79. The van der Waals surface area contributed by atoms with Crippen molar-refractivity contribution in [3.63, 3.8) is 0 Å². The summed E-state index contributed by atoms with van der Waals surface area (Å²) in [5, 5.41) is 1.23. The lowest BCUT2D eigenvalue weighted by atomic mass is 10.0. The largest absolute Gasteiger partial charge is 0.117 e. The van der Waals surface area contributed by atoms with Crippen LogP contribution in [-0.4, -0.2) is 0 Å². The fourth-order valence-electron chi connectivity index (χ4n) is 1.08. The third kappa shape index (κ3) is 2.77. The van der Waals surface area contributed by atoms with Gasteiger partial charge in [0.1, 0.15) is 0 Å². The topological polar surface area (TPSA) is 0 Å². The Morgan fingerprint density at radius 3 is 2.23 bits per heavy atom. The summed E-state index contributed by atoms with van der Waals surface area (Å²) in [5.41, 5.74) is 0.947. The third-order valence-electron chi connectivity index (χ3n) is 1.84. The summed E-state index contributed by atoms with van der Waals surface area (Å²) in [5.74, 6) is 0.361. The van der Waals surface area contributed by atoms with E-state index in [0.717, 1.165) is 5.56 Å². The highest BCUT2D eigenvalue weighted by atomic mass is 35.5. The van der Waals surface area contributed by atoms with Gasteiger partial charge in [-0.2, -0.15) is 0 Å². The molecule has 13 heavy (non-hydrogen) atoms. The van der Waals surface area contributed by atoms with E-state index in [1.807, 2.05) is 6.07 Å². The van der Waals surface area contributed by atoms with Crippen molar-refractivity contribution in [2.75, 3.05) is 0 Å². The molecule has 0 spiro atoms. The second-order valence-corrected chi connectivity index (χ2v) is 4.63. The normalized spacial score (nSPS) is 13.4. The molecule has 0 aromatic heterocycles. The zero-order chi connectivity index (χ0) is 10.0. The molecule has 0 N–H and O–H groups in total. The van der Waals surface area contributed by atoms with E-state index in [4.69, 9.17) is 34.8 Å². The maximum Gasteiger partial charge on any atom is 0.0622 e. The maximum absolute atomic E-state index is 6.17. The minimum absolute atomic E-state index is 0.0511. The van der Waals surface area contributed by atoms with Gasteiger partial charge in [-0.3, -0.25) is 0 Å². The summed E-state index contributed by atoms with van der Waals surface area (Å²) in [6.07, 6.45) is 0. The van der Waals surface area contributed by atoms with Crippen molar-refractivity contribution < 1.29 is 0 Å². The molecule has 0 aliphatic carbocycles. The van der Waals surface area contributed by atoms with Crippen molar-refractivity contribution in [2.24, 2.45) is 5.92 Å². The number of hydrogen-bond donors (Lipinski definition) is 0. The number of hydrogen-bond acceptors (Lipinski definition) is 0. The van der Waals surface area contributed by atoms with Crippen molar-refractivity contribution in [3.05, 3.63) is 33.8 Å². The van der Waals surface area contributed by atoms with Crippen LogP contribution in [0.5, 0.6) is 0 Å². The van der Waals surface area contributed by atoms with Crippen LogP contribution < -0.4 is 0 Å². The van der Waals surface area contributed by atoms with Crippen molar-refractivity contribution in [2.45, 2.75) is 19.2 Å². The van der Waals surface area contributed by atoms with Crippen LogP contribution in [0.3, 0.4) is 0 Å². The quantitative estimate of drug-likeness (QED) is 0.640. The summed E-state index contributed by atoms with van der Waals surface area (Å²) in [4.78, 5) is 0. The van der Waals surface area contributed by atoms with E-state index in [2.05, 4.69) is 13.8 Å². The summed E-state index contributed by atoms with van der Waals surface area (Å²) < 4.78 is 0. The molecule has 0 aliphatic rings. The molecule has 0 nitrogen and oxygen atoms in total. The van der Waals surface area contributed by atoms with Gasteiger partial charge < -0.3 is 0 Å². The molecule has 0 aliphatic heterocycles. The Morgan fingerprint density at radius 2 is 1.77 bits per heavy atom. The van der Waals surface area contributed by atoms with Gasteiger partial charge in [0, 0.05) is 10.0 Å². The highest BCUT2D eigenvalue weighted by molar-refractivity contribution is 6.35.